The summed E-state index contributed by atoms with van der Waals surface area (Å²) in [7, 11) is 0. The summed E-state index contributed by atoms with van der Waals surface area (Å²) in [4.78, 5) is 26.9. The Kier molecular flexibility index (Phi) is 4.45. The number of imidazole rings is 1. The van der Waals surface area contributed by atoms with Gasteiger partial charge in [-0.15, -0.1) is 11.3 Å². The number of nitrogens with one attached hydrogen (secondary N) is 1. The summed E-state index contributed by atoms with van der Waals surface area (Å²) in [5, 5.41) is 5.47. The summed E-state index contributed by atoms with van der Waals surface area (Å²) >= 11 is 1.69. The molecule has 146 valence electrons. The van der Waals surface area contributed by atoms with Crippen molar-refractivity contribution in [1.29, 1.82) is 0 Å². The minimum atomic E-state index is -0.496. The molecule has 0 aromatic carbocycles. The van der Waals surface area contributed by atoms with Crippen LogP contribution in [0.15, 0.2) is 42.0 Å². The monoisotopic (exact) mass is 406 g/mol. The molecule has 0 spiro atoms. The van der Waals surface area contributed by atoms with E-state index in [0.717, 1.165) is 17.1 Å². The van der Waals surface area contributed by atoms with Crippen molar-refractivity contribution < 1.29 is 9.53 Å². The van der Waals surface area contributed by atoms with E-state index in [4.69, 9.17) is 20.4 Å². The van der Waals surface area contributed by atoms with E-state index in [1.54, 1.807) is 34.1 Å². The third-order valence-corrected chi connectivity index (χ3v) is 5.75. The number of carbonyl (C=O) groups is 1. The first-order valence-corrected chi connectivity index (χ1v) is 10.1. The number of amides is 1. The van der Waals surface area contributed by atoms with Gasteiger partial charge < -0.3 is 15.8 Å². The highest BCUT2D eigenvalue weighted by atomic mass is 32.1. The van der Waals surface area contributed by atoms with E-state index in [1.807, 2.05) is 17.6 Å². The molecular weight excluding hydrogens is 388 g/mol. The van der Waals surface area contributed by atoms with Crippen molar-refractivity contribution in [3.8, 4) is 11.6 Å². The third kappa shape index (κ3) is 3.24. The van der Waals surface area contributed by atoms with Crippen LogP contribution in [0.5, 0.6) is 0 Å². The molecule has 0 bridgehead atoms. The second-order valence-corrected chi connectivity index (χ2v) is 7.71. The van der Waals surface area contributed by atoms with Gasteiger partial charge in [-0.2, -0.15) is 0 Å². The Labute approximate surface area is 170 Å². The van der Waals surface area contributed by atoms with E-state index in [1.165, 1.54) is 4.88 Å². The summed E-state index contributed by atoms with van der Waals surface area (Å²) in [6.07, 6.45) is 4.17. The molecular formula is C20H18N6O2S. The Morgan fingerprint density at radius 1 is 1.31 bits per heavy atom. The van der Waals surface area contributed by atoms with Crippen molar-refractivity contribution in [2.24, 2.45) is 5.73 Å². The maximum absolute atomic E-state index is 11.7. The highest BCUT2D eigenvalue weighted by Crippen LogP contribution is 2.27. The summed E-state index contributed by atoms with van der Waals surface area (Å²) < 4.78 is 7.42. The average molecular weight is 406 g/mol. The molecule has 4 aromatic rings. The van der Waals surface area contributed by atoms with Gasteiger partial charge in [0.25, 0.3) is 5.91 Å². The van der Waals surface area contributed by atoms with Crippen molar-refractivity contribution >= 4 is 28.6 Å². The Morgan fingerprint density at radius 3 is 3.07 bits per heavy atom. The second kappa shape index (κ2) is 7.26. The number of hydrogen-bond acceptors (Lipinski definition) is 7. The van der Waals surface area contributed by atoms with E-state index in [9.17, 15) is 4.79 Å². The van der Waals surface area contributed by atoms with Crippen molar-refractivity contribution in [2.75, 3.05) is 11.9 Å². The van der Waals surface area contributed by atoms with Gasteiger partial charge in [-0.05, 0) is 23.6 Å². The lowest BCUT2D eigenvalue weighted by atomic mass is 10.1. The molecule has 0 aliphatic carbocycles. The first kappa shape index (κ1) is 17.8. The SMILES string of the molecule is NC(=O)c1cccn2c(-c3nc4c(c(NCc5cccs5)n3)COCC4)ncc12. The summed E-state index contributed by atoms with van der Waals surface area (Å²) in [6.45, 7) is 1.78. The molecule has 1 aliphatic heterocycles. The lowest BCUT2D eigenvalue weighted by Crippen LogP contribution is -2.17. The number of aromatic nitrogens is 4. The van der Waals surface area contributed by atoms with Gasteiger partial charge in [0, 0.05) is 23.1 Å². The Bertz CT molecular complexity index is 1200. The Hall–Kier alpha value is -3.30. The number of primary amides is 1. The average Bonchev–Trinajstić information content (AvgIpc) is 3.41. The zero-order chi connectivity index (χ0) is 19.8. The molecule has 9 heteroatoms. The standard InChI is InChI=1S/C20H18N6O2S/c21-17(27)13-4-1-6-26-16(13)10-23-20(26)19-24-15-5-7-28-11-14(15)18(25-19)22-9-12-3-2-8-29-12/h1-4,6,8,10H,5,7,9,11H2,(H2,21,27)(H,22,24,25). The molecule has 4 aromatic heterocycles. The summed E-state index contributed by atoms with van der Waals surface area (Å²) in [5.74, 6) is 1.32. The van der Waals surface area contributed by atoms with Gasteiger partial charge in [0.1, 0.15) is 5.82 Å². The van der Waals surface area contributed by atoms with Gasteiger partial charge in [0.2, 0.25) is 0 Å². The van der Waals surface area contributed by atoms with Crippen molar-refractivity contribution in [1.82, 2.24) is 19.4 Å². The molecule has 3 N–H and O–H groups in total. The van der Waals surface area contributed by atoms with Gasteiger partial charge in [-0.25, -0.2) is 15.0 Å². The van der Waals surface area contributed by atoms with Crippen LogP contribution in [-0.2, 0) is 24.3 Å². The predicted molar refractivity (Wildman–Crippen MR) is 110 cm³/mol. The minimum Gasteiger partial charge on any atom is -0.376 e. The molecule has 0 unspecified atom stereocenters. The number of rotatable bonds is 5. The maximum atomic E-state index is 11.7. The number of carbonyl (C=O) groups excluding carboxylic acids is 1. The first-order chi connectivity index (χ1) is 14.2. The number of fused-ring (bicyclic) bond motifs is 2. The highest BCUT2D eigenvalue weighted by Gasteiger charge is 2.21. The van der Waals surface area contributed by atoms with Gasteiger partial charge >= 0.3 is 0 Å². The molecule has 1 aliphatic rings. The van der Waals surface area contributed by atoms with Crippen molar-refractivity contribution in [3.05, 3.63) is 63.7 Å². The highest BCUT2D eigenvalue weighted by molar-refractivity contribution is 7.09. The number of nitrogens with two attached hydrogens (primary N) is 1. The van der Waals surface area contributed by atoms with Crippen LogP contribution in [-0.4, -0.2) is 31.9 Å². The fourth-order valence-electron chi connectivity index (χ4n) is 3.46. The summed E-state index contributed by atoms with van der Waals surface area (Å²) in [6, 6.07) is 7.55. The van der Waals surface area contributed by atoms with E-state index in [2.05, 4.69) is 16.4 Å². The maximum Gasteiger partial charge on any atom is 0.250 e. The number of pyridine rings is 1. The topological polar surface area (TPSA) is 107 Å². The largest absolute Gasteiger partial charge is 0.376 e. The molecule has 0 saturated carbocycles. The lowest BCUT2D eigenvalue weighted by molar-refractivity contribution is 0.100. The molecule has 5 rings (SSSR count). The zero-order valence-corrected chi connectivity index (χ0v) is 16.3. The number of ether oxygens (including phenoxy) is 1. The van der Waals surface area contributed by atoms with E-state index < -0.39 is 5.91 Å². The van der Waals surface area contributed by atoms with Gasteiger partial charge in [-0.1, -0.05) is 6.07 Å². The lowest BCUT2D eigenvalue weighted by Gasteiger charge is -2.20. The number of anilines is 1. The number of hydrogen-bond donors (Lipinski definition) is 2. The van der Waals surface area contributed by atoms with Crippen LogP contribution in [0, 0.1) is 0 Å². The third-order valence-electron chi connectivity index (χ3n) is 4.87. The minimum absolute atomic E-state index is 0.411. The number of thiophene rings is 1. The van der Waals surface area contributed by atoms with Crippen LogP contribution in [0.2, 0.25) is 0 Å². The zero-order valence-electron chi connectivity index (χ0n) is 15.5. The van der Waals surface area contributed by atoms with Crippen molar-refractivity contribution in [3.63, 3.8) is 0 Å². The molecule has 0 radical (unpaired) electrons. The van der Waals surface area contributed by atoms with Gasteiger partial charge in [0.15, 0.2) is 11.6 Å². The van der Waals surface area contributed by atoms with Crippen LogP contribution < -0.4 is 11.1 Å². The van der Waals surface area contributed by atoms with Gasteiger partial charge in [-0.3, -0.25) is 9.20 Å². The number of nitrogens with zero attached hydrogens (tertiary/aromatic N) is 4. The fourth-order valence-corrected chi connectivity index (χ4v) is 4.10. The predicted octanol–water partition coefficient (Wildman–Crippen LogP) is 2.64. The van der Waals surface area contributed by atoms with E-state index in [-0.39, 0.29) is 0 Å². The second-order valence-electron chi connectivity index (χ2n) is 6.68. The molecule has 0 saturated heterocycles. The van der Waals surface area contributed by atoms with Gasteiger partial charge in [0.05, 0.1) is 42.7 Å². The van der Waals surface area contributed by atoms with Crippen LogP contribution in [0.25, 0.3) is 17.2 Å². The van der Waals surface area contributed by atoms with Crippen molar-refractivity contribution in [2.45, 2.75) is 19.6 Å². The van der Waals surface area contributed by atoms with Crippen LogP contribution >= 0.6 is 11.3 Å². The smallest absolute Gasteiger partial charge is 0.250 e. The normalized spacial score (nSPS) is 13.4. The first-order valence-electron chi connectivity index (χ1n) is 9.21. The van der Waals surface area contributed by atoms with E-state index >= 15 is 0 Å². The molecule has 29 heavy (non-hydrogen) atoms. The van der Waals surface area contributed by atoms with E-state index in [0.29, 0.717) is 48.9 Å². The van der Waals surface area contributed by atoms with Crippen LogP contribution in [0.4, 0.5) is 5.82 Å². The Balaban J connectivity index is 1.60. The molecule has 5 heterocycles. The molecule has 0 fully saturated rings. The fraction of sp³-hybridized carbons (Fsp3) is 0.200. The summed E-state index contributed by atoms with van der Waals surface area (Å²) in [5.41, 5.74) is 8.48. The molecule has 8 nitrogen and oxygen atoms in total. The molecule has 1 amide bonds. The van der Waals surface area contributed by atoms with Crippen LogP contribution in [0.1, 0.15) is 26.5 Å². The molecule has 0 atom stereocenters. The quantitative estimate of drug-likeness (QED) is 0.528. The Morgan fingerprint density at radius 2 is 2.24 bits per heavy atom. The van der Waals surface area contributed by atoms with Crippen LogP contribution in [0.3, 0.4) is 0 Å².